The summed E-state index contributed by atoms with van der Waals surface area (Å²) in [6, 6.07) is 11.0. The average Bonchev–Trinajstić information content (AvgIpc) is 2.96. The Hall–Kier alpha value is -3.27. The van der Waals surface area contributed by atoms with Gasteiger partial charge in [-0.2, -0.15) is 15.8 Å². The number of amides is 1. The Morgan fingerprint density at radius 1 is 1.26 bits per heavy atom. The number of nitrogens with one attached hydrogen (secondary N) is 1. The van der Waals surface area contributed by atoms with Gasteiger partial charge in [-0.3, -0.25) is 4.79 Å². The number of fused-ring (bicyclic) bond motifs is 4. The fourth-order valence-corrected chi connectivity index (χ4v) is 5.05. The molecule has 2 unspecified atom stereocenters. The highest BCUT2D eigenvalue weighted by atomic mass is 35.5. The summed E-state index contributed by atoms with van der Waals surface area (Å²) in [5.41, 5.74) is 4.33. The molecule has 0 fully saturated rings. The number of nitrogens with zero attached hydrogens (tertiary/aromatic N) is 3. The van der Waals surface area contributed by atoms with Gasteiger partial charge in [0.2, 0.25) is 11.3 Å². The maximum atomic E-state index is 13.4. The number of carbonyl (C=O) groups is 1. The number of halogens is 1. The van der Waals surface area contributed by atoms with Gasteiger partial charge < -0.3 is 11.1 Å². The number of allylic oxidation sites excluding steroid dienone is 4. The van der Waals surface area contributed by atoms with Crippen LogP contribution < -0.4 is 11.1 Å². The second-order valence-electron chi connectivity index (χ2n) is 6.97. The van der Waals surface area contributed by atoms with E-state index in [4.69, 9.17) is 17.3 Å². The average molecular weight is 376 g/mol. The monoisotopic (exact) mass is 375 g/mol. The van der Waals surface area contributed by atoms with Crippen LogP contribution in [0.5, 0.6) is 0 Å². The molecule has 1 aliphatic heterocycles. The second kappa shape index (κ2) is 5.61. The molecule has 3 N–H and O–H groups in total. The number of hydrogen-bond donors (Lipinski definition) is 2. The Morgan fingerprint density at radius 3 is 2.67 bits per heavy atom. The van der Waals surface area contributed by atoms with Crippen LogP contribution in [0.2, 0.25) is 5.02 Å². The van der Waals surface area contributed by atoms with Gasteiger partial charge in [-0.25, -0.2) is 0 Å². The first-order valence-electron chi connectivity index (χ1n) is 8.52. The first kappa shape index (κ1) is 17.2. The number of rotatable bonds is 0. The highest BCUT2D eigenvalue weighted by molar-refractivity contribution is 6.31. The van der Waals surface area contributed by atoms with Gasteiger partial charge in [0.05, 0.1) is 23.4 Å². The van der Waals surface area contributed by atoms with Gasteiger partial charge >= 0.3 is 0 Å². The van der Waals surface area contributed by atoms with E-state index in [1.165, 1.54) is 0 Å². The van der Waals surface area contributed by atoms with Crippen molar-refractivity contribution in [2.24, 2.45) is 17.1 Å². The smallest absolute Gasteiger partial charge is 0.238 e. The van der Waals surface area contributed by atoms with Crippen molar-refractivity contribution in [1.29, 1.82) is 15.8 Å². The van der Waals surface area contributed by atoms with Gasteiger partial charge in [0, 0.05) is 16.6 Å². The fourth-order valence-electron chi connectivity index (χ4n) is 4.88. The zero-order valence-corrected chi connectivity index (χ0v) is 15.0. The molecule has 0 bridgehead atoms. The van der Waals surface area contributed by atoms with Crippen molar-refractivity contribution in [1.82, 2.24) is 0 Å². The second-order valence-corrected chi connectivity index (χ2v) is 7.41. The molecule has 1 spiro atoms. The van der Waals surface area contributed by atoms with Crippen LogP contribution in [0, 0.1) is 45.3 Å². The van der Waals surface area contributed by atoms with Crippen molar-refractivity contribution in [3.8, 4) is 18.2 Å². The molecule has 1 heterocycles. The quantitative estimate of drug-likeness (QED) is 0.720. The highest BCUT2D eigenvalue weighted by Gasteiger charge is 2.71. The predicted octanol–water partition coefficient (Wildman–Crippen LogP) is 3.04. The summed E-state index contributed by atoms with van der Waals surface area (Å²) in [7, 11) is 0. The van der Waals surface area contributed by atoms with Gasteiger partial charge in [0.15, 0.2) is 0 Å². The molecule has 3 aliphatic rings. The van der Waals surface area contributed by atoms with E-state index in [1.54, 1.807) is 18.2 Å². The first-order chi connectivity index (χ1) is 13.0. The summed E-state index contributed by atoms with van der Waals surface area (Å²) in [6.45, 7) is 0. The summed E-state index contributed by atoms with van der Waals surface area (Å²) in [4.78, 5) is 13.4. The van der Waals surface area contributed by atoms with Crippen LogP contribution in [0.15, 0.2) is 41.1 Å². The normalized spacial score (nSPS) is 27.6. The van der Waals surface area contributed by atoms with E-state index in [-0.39, 0.29) is 11.3 Å². The van der Waals surface area contributed by atoms with Crippen LogP contribution in [0.3, 0.4) is 0 Å². The van der Waals surface area contributed by atoms with Crippen molar-refractivity contribution in [3.05, 3.63) is 51.7 Å². The minimum Gasteiger partial charge on any atom is -0.399 e. The lowest BCUT2D eigenvalue weighted by Crippen LogP contribution is -2.60. The van der Waals surface area contributed by atoms with Crippen LogP contribution in [0.25, 0.3) is 0 Å². The van der Waals surface area contributed by atoms with Crippen LogP contribution >= 0.6 is 11.6 Å². The maximum Gasteiger partial charge on any atom is 0.238 e. The maximum absolute atomic E-state index is 13.4. The summed E-state index contributed by atoms with van der Waals surface area (Å²) in [5.74, 6) is -0.965. The number of anilines is 1. The molecule has 0 radical (unpaired) electrons. The molecular formula is C20H14ClN5O. The number of nitriles is 3. The molecular weight excluding hydrogens is 362 g/mol. The van der Waals surface area contributed by atoms with Gasteiger partial charge in [-0.05, 0) is 48.6 Å². The molecule has 1 aromatic carbocycles. The van der Waals surface area contributed by atoms with Crippen LogP contribution in [-0.2, 0) is 10.2 Å². The summed E-state index contributed by atoms with van der Waals surface area (Å²) in [6.07, 6.45) is 3.99. The topological polar surface area (TPSA) is 126 Å². The largest absolute Gasteiger partial charge is 0.399 e. The molecule has 1 amide bonds. The molecule has 132 valence electrons. The summed E-state index contributed by atoms with van der Waals surface area (Å²) >= 11 is 6.21. The standard InChI is InChI=1S/C20H14ClN5O/c21-11-5-6-16-15(7-11)20(18(27)26-16)14-4-2-1-3-12(14)13(8-22)17(25)19(20,9-23)10-24/h3,5-7,14H,1-2,4,25H2,(H,26,27). The van der Waals surface area contributed by atoms with Crippen molar-refractivity contribution in [2.45, 2.75) is 24.7 Å². The molecule has 2 aliphatic carbocycles. The molecule has 6 nitrogen and oxygen atoms in total. The number of hydrogen-bond acceptors (Lipinski definition) is 5. The molecule has 0 aromatic heterocycles. The van der Waals surface area contributed by atoms with Crippen LogP contribution in [-0.4, -0.2) is 5.91 Å². The van der Waals surface area contributed by atoms with Gasteiger partial charge in [0.1, 0.15) is 11.5 Å². The molecule has 7 heteroatoms. The minimum absolute atomic E-state index is 0.136. The Bertz CT molecular complexity index is 1070. The van der Waals surface area contributed by atoms with Crippen molar-refractivity contribution in [3.63, 3.8) is 0 Å². The molecule has 0 saturated heterocycles. The number of carbonyl (C=O) groups excluding carboxylic acids is 1. The third-order valence-corrected chi connectivity index (χ3v) is 6.21. The minimum atomic E-state index is -2.00. The lowest BCUT2D eigenvalue weighted by Gasteiger charge is -2.49. The van der Waals surface area contributed by atoms with E-state index in [0.29, 0.717) is 28.3 Å². The molecule has 4 rings (SSSR count). The Kier molecular flexibility index (Phi) is 3.57. The Balaban J connectivity index is 2.21. The predicted molar refractivity (Wildman–Crippen MR) is 97.7 cm³/mol. The third kappa shape index (κ3) is 1.80. The van der Waals surface area contributed by atoms with Gasteiger partial charge in [-0.1, -0.05) is 17.7 Å². The van der Waals surface area contributed by atoms with Crippen molar-refractivity contribution in [2.75, 3.05) is 5.32 Å². The summed E-state index contributed by atoms with van der Waals surface area (Å²) in [5, 5.41) is 33.1. The van der Waals surface area contributed by atoms with Gasteiger partial charge in [-0.15, -0.1) is 0 Å². The van der Waals surface area contributed by atoms with E-state index < -0.39 is 22.7 Å². The van der Waals surface area contributed by atoms with Crippen molar-refractivity contribution >= 4 is 23.2 Å². The lowest BCUT2D eigenvalue weighted by atomic mass is 9.47. The molecule has 1 aromatic rings. The van der Waals surface area contributed by atoms with Crippen molar-refractivity contribution < 1.29 is 4.79 Å². The number of benzene rings is 1. The molecule has 27 heavy (non-hydrogen) atoms. The van der Waals surface area contributed by atoms with E-state index in [0.717, 1.165) is 12.8 Å². The van der Waals surface area contributed by atoms with E-state index in [2.05, 4.69) is 11.4 Å². The van der Waals surface area contributed by atoms with Gasteiger partial charge in [0.25, 0.3) is 0 Å². The fraction of sp³-hybridized carbons (Fsp3) is 0.300. The van der Waals surface area contributed by atoms with E-state index in [9.17, 15) is 20.6 Å². The van der Waals surface area contributed by atoms with Crippen LogP contribution in [0.4, 0.5) is 5.69 Å². The van der Waals surface area contributed by atoms with Crippen LogP contribution in [0.1, 0.15) is 24.8 Å². The lowest BCUT2D eigenvalue weighted by molar-refractivity contribution is -0.125. The summed E-state index contributed by atoms with van der Waals surface area (Å²) < 4.78 is 0. The SMILES string of the molecule is N#CC1=C(N)C(C#N)(C#N)C2(C(=O)Nc3ccc(Cl)cc32)C2CCCC=C12. The zero-order valence-electron chi connectivity index (χ0n) is 14.2. The Labute approximate surface area is 161 Å². The highest BCUT2D eigenvalue weighted by Crippen LogP contribution is 2.63. The molecule has 2 atom stereocenters. The van der Waals surface area contributed by atoms with E-state index in [1.807, 2.05) is 18.2 Å². The number of nitrogens with two attached hydrogens (primary N) is 1. The van der Waals surface area contributed by atoms with E-state index >= 15 is 0 Å². The third-order valence-electron chi connectivity index (χ3n) is 5.97. The zero-order chi connectivity index (χ0) is 19.4. The first-order valence-corrected chi connectivity index (χ1v) is 8.90. The Morgan fingerprint density at radius 2 is 2.00 bits per heavy atom. The molecule has 0 saturated carbocycles.